The van der Waals surface area contributed by atoms with Crippen molar-refractivity contribution in [3.05, 3.63) is 59.4 Å². The lowest BCUT2D eigenvalue weighted by atomic mass is 10.1. The van der Waals surface area contributed by atoms with Gasteiger partial charge in [-0.25, -0.2) is 4.39 Å². The van der Waals surface area contributed by atoms with E-state index in [-0.39, 0.29) is 5.82 Å². The lowest BCUT2D eigenvalue weighted by Gasteiger charge is -2.10. The first-order valence-electron chi connectivity index (χ1n) is 6.30. The standard InChI is InChI=1S/C16H15FN2O/c1-20-14-7-6-13(11-18)16(10-14)19-9-8-12-4-2-3-5-15(12)17/h2-7,10,19H,8-9H2,1H3. The van der Waals surface area contributed by atoms with Crippen LogP contribution in [0.1, 0.15) is 11.1 Å². The number of ether oxygens (including phenoxy) is 1. The molecule has 0 spiro atoms. The van der Waals surface area contributed by atoms with Crippen molar-refractivity contribution in [1.82, 2.24) is 0 Å². The van der Waals surface area contributed by atoms with E-state index in [4.69, 9.17) is 10.00 Å². The Bertz CT molecular complexity index is 635. The zero-order chi connectivity index (χ0) is 14.4. The van der Waals surface area contributed by atoms with E-state index < -0.39 is 0 Å². The molecule has 4 heteroatoms. The molecule has 0 heterocycles. The van der Waals surface area contributed by atoms with E-state index in [1.807, 2.05) is 6.07 Å². The molecule has 3 nitrogen and oxygen atoms in total. The molecule has 0 saturated heterocycles. The van der Waals surface area contributed by atoms with Gasteiger partial charge >= 0.3 is 0 Å². The molecule has 2 aromatic rings. The second-order valence-corrected chi connectivity index (χ2v) is 4.29. The first-order valence-corrected chi connectivity index (χ1v) is 6.30. The average Bonchev–Trinajstić information content (AvgIpc) is 2.49. The van der Waals surface area contributed by atoms with Crippen molar-refractivity contribution in [2.75, 3.05) is 19.0 Å². The average molecular weight is 270 g/mol. The number of hydrogen-bond donors (Lipinski definition) is 1. The summed E-state index contributed by atoms with van der Waals surface area (Å²) in [6.45, 7) is 0.544. The van der Waals surface area contributed by atoms with Gasteiger partial charge in [0.25, 0.3) is 0 Å². The molecule has 1 N–H and O–H groups in total. The van der Waals surface area contributed by atoms with Gasteiger partial charge in [0, 0.05) is 12.6 Å². The van der Waals surface area contributed by atoms with Gasteiger partial charge in [-0.1, -0.05) is 18.2 Å². The molecule has 0 fully saturated rings. The predicted octanol–water partition coefficient (Wildman–Crippen LogP) is 3.36. The van der Waals surface area contributed by atoms with Crippen LogP contribution < -0.4 is 10.1 Å². The van der Waals surface area contributed by atoms with Gasteiger partial charge in [0.05, 0.1) is 18.4 Å². The molecule has 0 aliphatic heterocycles. The van der Waals surface area contributed by atoms with Crippen LogP contribution in [0.2, 0.25) is 0 Å². The summed E-state index contributed by atoms with van der Waals surface area (Å²) >= 11 is 0. The Morgan fingerprint density at radius 1 is 1.25 bits per heavy atom. The summed E-state index contributed by atoms with van der Waals surface area (Å²) in [7, 11) is 1.57. The highest BCUT2D eigenvalue weighted by molar-refractivity contribution is 5.60. The van der Waals surface area contributed by atoms with Crippen LogP contribution in [0.4, 0.5) is 10.1 Å². The van der Waals surface area contributed by atoms with E-state index in [0.29, 0.717) is 35.5 Å². The van der Waals surface area contributed by atoms with E-state index in [2.05, 4.69) is 11.4 Å². The molecule has 20 heavy (non-hydrogen) atoms. The van der Waals surface area contributed by atoms with E-state index in [1.165, 1.54) is 6.07 Å². The second kappa shape index (κ2) is 6.58. The highest BCUT2D eigenvalue weighted by Gasteiger charge is 2.05. The maximum atomic E-state index is 13.5. The van der Waals surface area contributed by atoms with Crippen LogP contribution in [-0.4, -0.2) is 13.7 Å². The predicted molar refractivity (Wildman–Crippen MR) is 76.3 cm³/mol. The molecule has 0 aliphatic rings. The quantitative estimate of drug-likeness (QED) is 0.906. The molecule has 0 saturated carbocycles. The number of rotatable bonds is 5. The van der Waals surface area contributed by atoms with Crippen LogP contribution in [-0.2, 0) is 6.42 Å². The zero-order valence-electron chi connectivity index (χ0n) is 11.2. The van der Waals surface area contributed by atoms with Crippen molar-refractivity contribution in [2.45, 2.75) is 6.42 Å². The fraction of sp³-hybridized carbons (Fsp3) is 0.188. The minimum atomic E-state index is -0.208. The third-order valence-corrected chi connectivity index (χ3v) is 3.01. The van der Waals surface area contributed by atoms with Crippen molar-refractivity contribution < 1.29 is 9.13 Å². The van der Waals surface area contributed by atoms with Crippen molar-refractivity contribution in [3.8, 4) is 11.8 Å². The Labute approximate surface area is 117 Å². The molecule has 0 atom stereocenters. The Hall–Kier alpha value is -2.54. The highest BCUT2D eigenvalue weighted by atomic mass is 19.1. The lowest BCUT2D eigenvalue weighted by molar-refractivity contribution is 0.415. The van der Waals surface area contributed by atoms with E-state index >= 15 is 0 Å². The molecule has 2 rings (SSSR count). The molecule has 0 amide bonds. The number of nitrogens with one attached hydrogen (secondary N) is 1. The summed E-state index contributed by atoms with van der Waals surface area (Å²) in [4.78, 5) is 0. The minimum absolute atomic E-state index is 0.208. The van der Waals surface area contributed by atoms with Crippen molar-refractivity contribution in [2.24, 2.45) is 0 Å². The Morgan fingerprint density at radius 3 is 2.75 bits per heavy atom. The first-order chi connectivity index (χ1) is 9.74. The van der Waals surface area contributed by atoms with Crippen LogP contribution in [0, 0.1) is 17.1 Å². The molecule has 102 valence electrons. The van der Waals surface area contributed by atoms with Crippen LogP contribution in [0.5, 0.6) is 5.75 Å². The van der Waals surface area contributed by atoms with Gasteiger partial charge in [0.2, 0.25) is 0 Å². The van der Waals surface area contributed by atoms with Gasteiger partial charge in [-0.15, -0.1) is 0 Å². The molecule has 2 aromatic carbocycles. The number of nitriles is 1. The topological polar surface area (TPSA) is 45.0 Å². The number of benzene rings is 2. The molecule has 0 aromatic heterocycles. The molecule has 0 bridgehead atoms. The zero-order valence-corrected chi connectivity index (χ0v) is 11.2. The largest absolute Gasteiger partial charge is 0.497 e. The summed E-state index contributed by atoms with van der Waals surface area (Å²) in [5.74, 6) is 0.470. The summed E-state index contributed by atoms with van der Waals surface area (Å²) in [5.41, 5.74) is 1.89. The Kier molecular flexibility index (Phi) is 4.56. The van der Waals surface area contributed by atoms with Crippen LogP contribution in [0.15, 0.2) is 42.5 Å². The fourth-order valence-electron chi connectivity index (χ4n) is 1.93. The van der Waals surface area contributed by atoms with Gasteiger partial charge in [0.1, 0.15) is 17.6 Å². The van der Waals surface area contributed by atoms with Crippen LogP contribution in [0.3, 0.4) is 0 Å². The van der Waals surface area contributed by atoms with Crippen LogP contribution in [0.25, 0.3) is 0 Å². The lowest BCUT2D eigenvalue weighted by Crippen LogP contribution is -2.07. The van der Waals surface area contributed by atoms with Crippen molar-refractivity contribution in [1.29, 1.82) is 5.26 Å². The summed E-state index contributed by atoms with van der Waals surface area (Å²) < 4.78 is 18.6. The molecule has 0 radical (unpaired) electrons. The SMILES string of the molecule is COc1ccc(C#N)c(NCCc2ccccc2F)c1. The monoisotopic (exact) mass is 270 g/mol. The third kappa shape index (κ3) is 3.27. The number of nitrogens with zero attached hydrogens (tertiary/aromatic N) is 1. The summed E-state index contributed by atoms with van der Waals surface area (Å²) in [6, 6.07) is 14.0. The summed E-state index contributed by atoms with van der Waals surface area (Å²) in [6.07, 6.45) is 0.550. The molecule has 0 unspecified atom stereocenters. The van der Waals surface area contributed by atoms with Gasteiger partial charge < -0.3 is 10.1 Å². The second-order valence-electron chi connectivity index (χ2n) is 4.29. The number of halogens is 1. The van der Waals surface area contributed by atoms with Crippen LogP contribution >= 0.6 is 0 Å². The smallest absolute Gasteiger partial charge is 0.126 e. The maximum Gasteiger partial charge on any atom is 0.126 e. The van der Waals surface area contributed by atoms with E-state index in [0.717, 1.165) is 0 Å². The summed E-state index contributed by atoms with van der Waals surface area (Å²) in [5, 5.41) is 12.2. The Morgan fingerprint density at radius 2 is 2.05 bits per heavy atom. The Balaban J connectivity index is 2.04. The maximum absolute atomic E-state index is 13.5. The van der Waals surface area contributed by atoms with Crippen molar-refractivity contribution in [3.63, 3.8) is 0 Å². The number of hydrogen-bond acceptors (Lipinski definition) is 3. The minimum Gasteiger partial charge on any atom is -0.497 e. The van der Waals surface area contributed by atoms with E-state index in [1.54, 1.807) is 37.4 Å². The van der Waals surface area contributed by atoms with E-state index in [9.17, 15) is 4.39 Å². The van der Waals surface area contributed by atoms with Crippen molar-refractivity contribution >= 4 is 5.69 Å². The third-order valence-electron chi connectivity index (χ3n) is 3.01. The van der Waals surface area contributed by atoms with Gasteiger partial charge in [-0.05, 0) is 30.2 Å². The van der Waals surface area contributed by atoms with Gasteiger partial charge in [-0.2, -0.15) is 5.26 Å². The number of methoxy groups -OCH3 is 1. The fourth-order valence-corrected chi connectivity index (χ4v) is 1.93. The number of anilines is 1. The molecular formula is C16H15FN2O. The molecular weight excluding hydrogens is 255 g/mol. The van der Waals surface area contributed by atoms with Gasteiger partial charge in [0.15, 0.2) is 0 Å². The van der Waals surface area contributed by atoms with Gasteiger partial charge in [-0.3, -0.25) is 0 Å². The first kappa shape index (κ1) is 13.9. The normalized spacial score (nSPS) is 9.85. The molecule has 0 aliphatic carbocycles. The highest BCUT2D eigenvalue weighted by Crippen LogP contribution is 2.22.